The standard InChI is InChI=1S/C24H25NO4/c1-15-22(24(28)29-2)20(23(27)25(15)17-9-4-3-5-10-17)14-19-18-11-7-6-8-16(18)12-13-21(19)26/h6-8,11-14,17,27H,3-5,9-10H2,1-2H3/b19-14-. The lowest BCUT2D eigenvalue weighted by Gasteiger charge is -2.25. The van der Waals surface area contributed by atoms with Crippen LogP contribution in [0.2, 0.25) is 0 Å². The molecule has 1 aromatic heterocycles. The van der Waals surface area contributed by atoms with E-state index in [2.05, 4.69) is 0 Å². The van der Waals surface area contributed by atoms with Crippen LogP contribution in [-0.4, -0.2) is 28.5 Å². The van der Waals surface area contributed by atoms with Crippen molar-refractivity contribution in [2.75, 3.05) is 7.11 Å². The number of nitrogens with zero attached hydrogens (tertiary/aromatic N) is 1. The lowest BCUT2D eigenvalue weighted by atomic mass is 9.90. The molecule has 1 saturated carbocycles. The van der Waals surface area contributed by atoms with Crippen molar-refractivity contribution in [2.24, 2.45) is 0 Å². The summed E-state index contributed by atoms with van der Waals surface area (Å²) >= 11 is 0. The number of aromatic hydroxyl groups is 1. The number of fused-ring (bicyclic) bond motifs is 1. The summed E-state index contributed by atoms with van der Waals surface area (Å²) in [5.41, 5.74) is 3.54. The normalized spacial score (nSPS) is 18.1. The summed E-state index contributed by atoms with van der Waals surface area (Å²) in [6.45, 7) is 1.83. The minimum atomic E-state index is -0.508. The number of hydrogen-bond donors (Lipinski definition) is 1. The van der Waals surface area contributed by atoms with Gasteiger partial charge in [0.05, 0.1) is 18.2 Å². The Balaban J connectivity index is 1.91. The lowest BCUT2D eigenvalue weighted by Crippen LogP contribution is -2.14. The fourth-order valence-corrected chi connectivity index (χ4v) is 4.57. The van der Waals surface area contributed by atoms with Crippen LogP contribution >= 0.6 is 0 Å². The molecule has 0 amide bonds. The maximum absolute atomic E-state index is 12.7. The quantitative estimate of drug-likeness (QED) is 0.595. The SMILES string of the molecule is COC(=O)c1c(/C=C2\C(=O)C=Cc3ccccc32)c(O)n(C2CCCCC2)c1C. The summed E-state index contributed by atoms with van der Waals surface area (Å²) in [4.78, 5) is 25.3. The van der Waals surface area contributed by atoms with E-state index in [9.17, 15) is 14.7 Å². The maximum Gasteiger partial charge on any atom is 0.340 e. The molecule has 5 heteroatoms. The van der Waals surface area contributed by atoms with Crippen LogP contribution in [0.4, 0.5) is 0 Å². The number of benzene rings is 1. The van der Waals surface area contributed by atoms with Gasteiger partial charge in [0.2, 0.25) is 0 Å². The van der Waals surface area contributed by atoms with E-state index in [0.717, 1.165) is 36.8 Å². The smallest absolute Gasteiger partial charge is 0.340 e. The molecule has 0 radical (unpaired) electrons. The van der Waals surface area contributed by atoms with Crippen LogP contribution in [0.25, 0.3) is 17.7 Å². The van der Waals surface area contributed by atoms with Crippen molar-refractivity contribution in [1.29, 1.82) is 0 Å². The number of esters is 1. The van der Waals surface area contributed by atoms with Gasteiger partial charge in [-0.15, -0.1) is 0 Å². The second-order valence-corrected chi connectivity index (χ2v) is 7.69. The van der Waals surface area contributed by atoms with Crippen molar-refractivity contribution >= 4 is 29.5 Å². The summed E-state index contributed by atoms with van der Waals surface area (Å²) in [5.74, 6) is -0.629. The molecule has 1 aromatic carbocycles. The molecule has 0 aliphatic heterocycles. The fourth-order valence-electron chi connectivity index (χ4n) is 4.57. The van der Waals surface area contributed by atoms with Gasteiger partial charge in [-0.1, -0.05) is 49.6 Å². The Morgan fingerprint density at radius 1 is 1.17 bits per heavy atom. The van der Waals surface area contributed by atoms with Crippen molar-refractivity contribution < 1.29 is 19.4 Å². The zero-order valence-electron chi connectivity index (χ0n) is 16.8. The third-order valence-electron chi connectivity index (χ3n) is 6.01. The van der Waals surface area contributed by atoms with Crippen LogP contribution in [0.5, 0.6) is 5.88 Å². The molecule has 1 heterocycles. The van der Waals surface area contributed by atoms with Gasteiger partial charge in [-0.05, 0) is 43.0 Å². The Morgan fingerprint density at radius 3 is 2.62 bits per heavy atom. The molecule has 29 heavy (non-hydrogen) atoms. The van der Waals surface area contributed by atoms with Gasteiger partial charge in [0.1, 0.15) is 0 Å². The molecule has 2 aliphatic rings. The molecule has 0 bridgehead atoms. The average Bonchev–Trinajstić information content (AvgIpc) is 2.99. The molecule has 4 rings (SSSR count). The minimum absolute atomic E-state index is 0.0298. The molecule has 0 unspecified atom stereocenters. The van der Waals surface area contributed by atoms with E-state index in [0.29, 0.717) is 22.4 Å². The van der Waals surface area contributed by atoms with Crippen molar-refractivity contribution in [3.63, 3.8) is 0 Å². The molecule has 150 valence electrons. The molecule has 2 aromatic rings. The number of carbonyl (C=O) groups is 2. The summed E-state index contributed by atoms with van der Waals surface area (Å²) in [6, 6.07) is 7.75. The number of aromatic nitrogens is 1. The van der Waals surface area contributed by atoms with Gasteiger partial charge in [-0.25, -0.2) is 4.79 Å². The predicted molar refractivity (Wildman–Crippen MR) is 113 cm³/mol. The Hall–Kier alpha value is -3.08. The number of hydrogen-bond acceptors (Lipinski definition) is 4. The summed E-state index contributed by atoms with van der Waals surface area (Å²) in [6.07, 6.45) is 10.3. The topological polar surface area (TPSA) is 68.5 Å². The van der Waals surface area contributed by atoms with Gasteiger partial charge in [0.15, 0.2) is 11.7 Å². The van der Waals surface area contributed by atoms with Crippen LogP contribution in [0.15, 0.2) is 30.3 Å². The van der Waals surface area contributed by atoms with E-state index in [1.807, 2.05) is 35.8 Å². The van der Waals surface area contributed by atoms with Gasteiger partial charge < -0.3 is 14.4 Å². The van der Waals surface area contributed by atoms with Crippen LogP contribution in [0.3, 0.4) is 0 Å². The highest BCUT2D eigenvalue weighted by molar-refractivity contribution is 6.33. The van der Waals surface area contributed by atoms with Gasteiger partial charge in [-0.2, -0.15) is 0 Å². The molecule has 0 saturated heterocycles. The summed E-state index contributed by atoms with van der Waals surface area (Å²) in [7, 11) is 1.33. The van der Waals surface area contributed by atoms with E-state index in [1.54, 1.807) is 12.2 Å². The van der Waals surface area contributed by atoms with E-state index in [4.69, 9.17) is 4.74 Å². The zero-order chi connectivity index (χ0) is 20.5. The van der Waals surface area contributed by atoms with Gasteiger partial charge in [-0.3, -0.25) is 4.79 Å². The highest BCUT2D eigenvalue weighted by Gasteiger charge is 2.30. The lowest BCUT2D eigenvalue weighted by molar-refractivity contribution is -0.109. The van der Waals surface area contributed by atoms with Crippen LogP contribution in [0.1, 0.15) is 70.9 Å². The Kier molecular flexibility index (Phi) is 5.14. The first-order valence-corrected chi connectivity index (χ1v) is 10.1. The Morgan fingerprint density at radius 2 is 1.90 bits per heavy atom. The van der Waals surface area contributed by atoms with E-state index in [1.165, 1.54) is 19.6 Å². The second-order valence-electron chi connectivity index (χ2n) is 7.69. The molecule has 0 atom stereocenters. The van der Waals surface area contributed by atoms with Crippen molar-refractivity contribution in [1.82, 2.24) is 4.57 Å². The number of methoxy groups -OCH3 is 1. The number of ketones is 1. The zero-order valence-corrected chi connectivity index (χ0v) is 16.8. The first kappa shape index (κ1) is 19.2. The van der Waals surface area contributed by atoms with Gasteiger partial charge in [0, 0.05) is 17.3 Å². The Labute approximate surface area is 170 Å². The number of carbonyl (C=O) groups excluding carboxylic acids is 2. The number of ether oxygens (including phenoxy) is 1. The maximum atomic E-state index is 12.7. The average molecular weight is 391 g/mol. The molecule has 0 spiro atoms. The number of rotatable bonds is 3. The molecule has 1 N–H and O–H groups in total. The Bertz CT molecular complexity index is 1040. The number of allylic oxidation sites excluding steroid dienone is 2. The molecule has 1 fully saturated rings. The predicted octanol–water partition coefficient (Wildman–Crippen LogP) is 4.93. The first-order chi connectivity index (χ1) is 14.0. The molecule has 2 aliphatic carbocycles. The third kappa shape index (κ3) is 3.31. The van der Waals surface area contributed by atoms with Crippen molar-refractivity contribution in [3.05, 3.63) is 58.3 Å². The monoisotopic (exact) mass is 391 g/mol. The van der Waals surface area contributed by atoms with Crippen molar-refractivity contribution in [3.8, 4) is 5.88 Å². The minimum Gasteiger partial charge on any atom is -0.494 e. The third-order valence-corrected chi connectivity index (χ3v) is 6.01. The van der Waals surface area contributed by atoms with Crippen LogP contribution < -0.4 is 0 Å². The highest BCUT2D eigenvalue weighted by atomic mass is 16.5. The van der Waals surface area contributed by atoms with E-state index in [-0.39, 0.29) is 17.7 Å². The fraction of sp³-hybridized carbons (Fsp3) is 0.333. The molecular formula is C24H25NO4. The highest BCUT2D eigenvalue weighted by Crippen LogP contribution is 2.40. The second kappa shape index (κ2) is 7.74. The van der Waals surface area contributed by atoms with E-state index >= 15 is 0 Å². The first-order valence-electron chi connectivity index (χ1n) is 10.1. The largest absolute Gasteiger partial charge is 0.494 e. The van der Waals surface area contributed by atoms with Crippen LogP contribution in [-0.2, 0) is 9.53 Å². The van der Waals surface area contributed by atoms with Gasteiger partial charge in [0.25, 0.3) is 0 Å². The van der Waals surface area contributed by atoms with Crippen LogP contribution in [0, 0.1) is 6.92 Å². The summed E-state index contributed by atoms with van der Waals surface area (Å²) < 4.78 is 6.86. The van der Waals surface area contributed by atoms with Crippen molar-refractivity contribution in [2.45, 2.75) is 45.1 Å². The van der Waals surface area contributed by atoms with Gasteiger partial charge >= 0.3 is 5.97 Å². The molecule has 5 nitrogen and oxygen atoms in total. The van der Waals surface area contributed by atoms with E-state index < -0.39 is 5.97 Å². The molecular weight excluding hydrogens is 366 g/mol. The summed E-state index contributed by atoms with van der Waals surface area (Å²) in [5, 5.41) is 11.1.